The van der Waals surface area contributed by atoms with Crippen molar-refractivity contribution >= 4 is 17.3 Å². The minimum atomic E-state index is -0.546. The molecule has 0 spiro atoms. The lowest BCUT2D eigenvalue weighted by Gasteiger charge is -1.99. The number of rotatable bonds is 3. The fourth-order valence-corrected chi connectivity index (χ4v) is 2.23. The molecule has 2 aromatic rings. The van der Waals surface area contributed by atoms with Gasteiger partial charge in [-0.3, -0.25) is 4.79 Å². The second-order valence-corrected chi connectivity index (χ2v) is 4.38. The van der Waals surface area contributed by atoms with Crippen LogP contribution in [0.4, 0.5) is 8.78 Å². The third-order valence-electron chi connectivity index (χ3n) is 2.26. The van der Waals surface area contributed by atoms with Crippen LogP contribution in [0, 0.1) is 11.6 Å². The Morgan fingerprint density at radius 3 is 2.94 bits per heavy atom. The van der Waals surface area contributed by atoms with Gasteiger partial charge in [0.2, 0.25) is 0 Å². The molecule has 0 aliphatic heterocycles. The van der Waals surface area contributed by atoms with Gasteiger partial charge in [-0.2, -0.15) is 0 Å². The first-order valence-corrected chi connectivity index (χ1v) is 5.94. The Bertz CT molecular complexity index is 583. The SMILES string of the molecule is COC(=O)Cc1csc(-c2cc(F)ccc2F)n1. The van der Waals surface area contributed by atoms with Crippen LogP contribution in [-0.4, -0.2) is 18.1 Å². The van der Waals surface area contributed by atoms with Gasteiger partial charge in [-0.15, -0.1) is 11.3 Å². The van der Waals surface area contributed by atoms with E-state index in [4.69, 9.17) is 0 Å². The molecule has 1 aromatic heterocycles. The van der Waals surface area contributed by atoms with Gasteiger partial charge in [-0.05, 0) is 18.2 Å². The van der Waals surface area contributed by atoms with Crippen LogP contribution in [0.15, 0.2) is 23.6 Å². The molecular formula is C12H9F2NO2S. The van der Waals surface area contributed by atoms with E-state index in [1.165, 1.54) is 7.11 Å². The van der Waals surface area contributed by atoms with Crippen LogP contribution in [0.3, 0.4) is 0 Å². The highest BCUT2D eigenvalue weighted by molar-refractivity contribution is 7.13. The second kappa shape index (κ2) is 5.22. The van der Waals surface area contributed by atoms with Crippen molar-refractivity contribution in [3.8, 4) is 10.6 Å². The molecule has 0 atom stereocenters. The maximum absolute atomic E-state index is 13.5. The van der Waals surface area contributed by atoms with Gasteiger partial charge in [0.1, 0.15) is 16.6 Å². The zero-order valence-electron chi connectivity index (χ0n) is 9.44. The molecule has 0 aliphatic rings. The van der Waals surface area contributed by atoms with Gasteiger partial charge in [0.05, 0.1) is 19.2 Å². The van der Waals surface area contributed by atoms with Gasteiger partial charge in [-0.1, -0.05) is 0 Å². The fraction of sp³-hybridized carbons (Fsp3) is 0.167. The molecule has 0 unspecified atom stereocenters. The van der Waals surface area contributed by atoms with Crippen molar-refractivity contribution in [3.63, 3.8) is 0 Å². The van der Waals surface area contributed by atoms with E-state index in [2.05, 4.69) is 9.72 Å². The molecule has 0 radical (unpaired) electrons. The first-order chi connectivity index (χ1) is 8.60. The van der Waals surface area contributed by atoms with Crippen LogP contribution in [-0.2, 0) is 16.0 Å². The molecule has 3 nitrogen and oxygen atoms in total. The molecule has 1 heterocycles. The van der Waals surface area contributed by atoms with Gasteiger partial charge in [0.15, 0.2) is 0 Å². The number of aromatic nitrogens is 1. The molecule has 2 rings (SSSR count). The van der Waals surface area contributed by atoms with E-state index in [0.29, 0.717) is 10.7 Å². The molecule has 0 fully saturated rings. The Hall–Kier alpha value is -1.82. The van der Waals surface area contributed by atoms with Gasteiger partial charge < -0.3 is 4.74 Å². The van der Waals surface area contributed by atoms with Gasteiger partial charge in [-0.25, -0.2) is 13.8 Å². The number of carbonyl (C=O) groups is 1. The molecule has 6 heteroatoms. The highest BCUT2D eigenvalue weighted by Crippen LogP contribution is 2.27. The number of ether oxygens (including phenoxy) is 1. The van der Waals surface area contributed by atoms with Crippen molar-refractivity contribution in [2.45, 2.75) is 6.42 Å². The van der Waals surface area contributed by atoms with Crippen molar-refractivity contribution in [2.75, 3.05) is 7.11 Å². The van der Waals surface area contributed by atoms with Crippen molar-refractivity contribution in [1.82, 2.24) is 4.98 Å². The fourth-order valence-electron chi connectivity index (χ4n) is 1.39. The molecule has 0 bridgehead atoms. The number of hydrogen-bond donors (Lipinski definition) is 0. The summed E-state index contributed by atoms with van der Waals surface area (Å²) in [6.45, 7) is 0. The maximum atomic E-state index is 13.5. The van der Waals surface area contributed by atoms with Crippen LogP contribution >= 0.6 is 11.3 Å². The molecule has 0 saturated heterocycles. The quantitative estimate of drug-likeness (QED) is 0.804. The summed E-state index contributed by atoms with van der Waals surface area (Å²) in [7, 11) is 1.28. The summed E-state index contributed by atoms with van der Waals surface area (Å²) in [5, 5.41) is 1.96. The minimum absolute atomic E-state index is 0.0178. The first kappa shape index (κ1) is 12.6. The predicted molar refractivity (Wildman–Crippen MR) is 63.2 cm³/mol. The third kappa shape index (κ3) is 2.70. The van der Waals surface area contributed by atoms with Crippen molar-refractivity contribution in [1.29, 1.82) is 0 Å². The summed E-state index contributed by atoms with van der Waals surface area (Å²) in [4.78, 5) is 15.1. The molecule has 18 heavy (non-hydrogen) atoms. The Labute approximate surface area is 106 Å². The predicted octanol–water partition coefficient (Wildman–Crippen LogP) is 2.80. The lowest BCUT2D eigenvalue weighted by Crippen LogP contribution is -2.04. The van der Waals surface area contributed by atoms with Crippen LogP contribution in [0.5, 0.6) is 0 Å². The topological polar surface area (TPSA) is 39.2 Å². The minimum Gasteiger partial charge on any atom is -0.469 e. The molecule has 0 aliphatic carbocycles. The summed E-state index contributed by atoms with van der Waals surface area (Å²) >= 11 is 1.15. The smallest absolute Gasteiger partial charge is 0.311 e. The Kier molecular flexibility index (Phi) is 3.66. The van der Waals surface area contributed by atoms with E-state index in [0.717, 1.165) is 29.5 Å². The average Bonchev–Trinajstić information content (AvgIpc) is 2.80. The number of carbonyl (C=O) groups excluding carboxylic acids is 1. The largest absolute Gasteiger partial charge is 0.469 e. The first-order valence-electron chi connectivity index (χ1n) is 5.07. The van der Waals surface area contributed by atoms with E-state index in [-0.39, 0.29) is 12.0 Å². The molecule has 0 N–H and O–H groups in total. The lowest BCUT2D eigenvalue weighted by molar-refractivity contribution is -0.139. The molecule has 0 saturated carbocycles. The van der Waals surface area contributed by atoms with Crippen LogP contribution in [0.25, 0.3) is 10.6 Å². The maximum Gasteiger partial charge on any atom is 0.311 e. The van der Waals surface area contributed by atoms with Crippen molar-refractivity contribution in [2.24, 2.45) is 0 Å². The van der Waals surface area contributed by atoms with Crippen LogP contribution in [0.2, 0.25) is 0 Å². The number of esters is 1. The monoisotopic (exact) mass is 269 g/mol. The van der Waals surface area contributed by atoms with E-state index in [1.54, 1.807) is 5.38 Å². The van der Waals surface area contributed by atoms with E-state index in [1.807, 2.05) is 0 Å². The van der Waals surface area contributed by atoms with Crippen molar-refractivity contribution < 1.29 is 18.3 Å². The molecule has 1 aromatic carbocycles. The van der Waals surface area contributed by atoms with E-state index >= 15 is 0 Å². The number of nitrogens with zero attached hydrogens (tertiary/aromatic N) is 1. The Balaban J connectivity index is 2.29. The summed E-state index contributed by atoms with van der Waals surface area (Å²) in [5.41, 5.74) is 0.571. The number of methoxy groups -OCH3 is 1. The zero-order valence-corrected chi connectivity index (χ0v) is 10.3. The second-order valence-electron chi connectivity index (χ2n) is 3.52. The molecule has 0 amide bonds. The Morgan fingerprint density at radius 1 is 1.44 bits per heavy atom. The van der Waals surface area contributed by atoms with Gasteiger partial charge in [0, 0.05) is 10.9 Å². The zero-order chi connectivity index (χ0) is 13.1. The summed E-state index contributed by atoms with van der Waals surface area (Å²) in [6, 6.07) is 3.17. The summed E-state index contributed by atoms with van der Waals surface area (Å²) in [6.07, 6.45) is 0.0178. The standard InChI is InChI=1S/C12H9F2NO2S/c1-17-11(16)5-8-6-18-12(15-8)9-4-7(13)2-3-10(9)14/h2-4,6H,5H2,1H3. The van der Waals surface area contributed by atoms with E-state index < -0.39 is 17.6 Å². The third-order valence-corrected chi connectivity index (χ3v) is 3.19. The van der Waals surface area contributed by atoms with Crippen LogP contribution in [0.1, 0.15) is 5.69 Å². The molecular weight excluding hydrogens is 260 g/mol. The number of benzene rings is 1. The van der Waals surface area contributed by atoms with Crippen molar-refractivity contribution in [3.05, 3.63) is 40.9 Å². The van der Waals surface area contributed by atoms with E-state index in [9.17, 15) is 13.6 Å². The summed E-state index contributed by atoms with van der Waals surface area (Å²) in [5.74, 6) is -1.50. The average molecular weight is 269 g/mol. The summed E-state index contributed by atoms with van der Waals surface area (Å²) < 4.78 is 31.0. The Morgan fingerprint density at radius 2 is 2.22 bits per heavy atom. The highest BCUT2D eigenvalue weighted by Gasteiger charge is 2.12. The van der Waals surface area contributed by atoms with Gasteiger partial charge >= 0.3 is 5.97 Å². The number of thiazole rings is 1. The lowest BCUT2D eigenvalue weighted by atomic mass is 10.2. The molecule has 94 valence electrons. The highest BCUT2D eigenvalue weighted by atomic mass is 32.1. The normalized spacial score (nSPS) is 10.4. The van der Waals surface area contributed by atoms with Crippen LogP contribution < -0.4 is 0 Å². The van der Waals surface area contributed by atoms with Gasteiger partial charge in [0.25, 0.3) is 0 Å². The number of hydrogen-bond acceptors (Lipinski definition) is 4. The number of halogens is 2.